The molecule has 3 aliphatic rings. The van der Waals surface area contributed by atoms with Crippen LogP contribution in [-0.2, 0) is 4.79 Å². The van der Waals surface area contributed by atoms with E-state index in [1.54, 1.807) is 7.05 Å². The van der Waals surface area contributed by atoms with Gasteiger partial charge in [0.2, 0.25) is 0 Å². The van der Waals surface area contributed by atoms with Crippen molar-refractivity contribution >= 4 is 12.2 Å². The van der Waals surface area contributed by atoms with Gasteiger partial charge < -0.3 is 20.7 Å². The molecule has 29 heavy (non-hydrogen) atoms. The van der Waals surface area contributed by atoms with Crippen LogP contribution in [-0.4, -0.2) is 36.9 Å². The average Bonchev–Trinajstić information content (AvgIpc) is 3.26. The fraction of sp³-hybridized carbons (Fsp3) is 0.917. The predicted molar refractivity (Wildman–Crippen MR) is 120 cm³/mol. The van der Waals surface area contributed by atoms with Crippen molar-refractivity contribution in [3.05, 3.63) is 0 Å². The van der Waals surface area contributed by atoms with Gasteiger partial charge in [-0.25, -0.2) is 0 Å². The molecular formula is C24H44N4O. The first-order valence-electron chi connectivity index (χ1n) is 12.4. The summed E-state index contributed by atoms with van der Waals surface area (Å²) in [5.41, 5.74) is -0.586. The highest BCUT2D eigenvalue weighted by Gasteiger charge is 2.36. The van der Waals surface area contributed by atoms with Crippen molar-refractivity contribution < 1.29 is 4.79 Å². The van der Waals surface area contributed by atoms with Gasteiger partial charge in [0, 0.05) is 19.1 Å². The highest BCUT2D eigenvalue weighted by Crippen LogP contribution is 2.35. The number of aldehydes is 1. The van der Waals surface area contributed by atoms with Crippen molar-refractivity contribution in [3.8, 4) is 0 Å². The average molecular weight is 405 g/mol. The highest BCUT2D eigenvalue weighted by atomic mass is 16.1. The van der Waals surface area contributed by atoms with Crippen LogP contribution in [0.2, 0.25) is 0 Å². The Morgan fingerprint density at radius 3 is 2.28 bits per heavy atom. The van der Waals surface area contributed by atoms with Gasteiger partial charge in [0.1, 0.15) is 6.29 Å². The van der Waals surface area contributed by atoms with E-state index in [-0.39, 0.29) is 5.96 Å². The first kappa shape index (κ1) is 22.6. The third kappa shape index (κ3) is 6.97. The predicted octanol–water partition coefficient (Wildman–Crippen LogP) is 4.51. The second kappa shape index (κ2) is 11.3. The minimum absolute atomic E-state index is 0.275. The minimum Gasteiger partial charge on any atom is -0.360 e. The molecule has 3 rings (SSSR count). The number of guanidine groups is 1. The molecule has 0 unspecified atom stereocenters. The summed E-state index contributed by atoms with van der Waals surface area (Å²) in [6.45, 7) is 0. The van der Waals surface area contributed by atoms with Crippen molar-refractivity contribution in [3.63, 3.8) is 0 Å². The zero-order valence-electron chi connectivity index (χ0n) is 18.6. The van der Waals surface area contributed by atoms with Gasteiger partial charge in [0.05, 0.1) is 5.54 Å². The molecular weight excluding hydrogens is 360 g/mol. The summed E-state index contributed by atoms with van der Waals surface area (Å²) in [5.74, 6) is 1.60. The van der Waals surface area contributed by atoms with Crippen LogP contribution < -0.4 is 16.0 Å². The molecule has 5 nitrogen and oxygen atoms in total. The van der Waals surface area contributed by atoms with Crippen molar-refractivity contribution in [2.45, 2.75) is 120 Å². The summed E-state index contributed by atoms with van der Waals surface area (Å²) in [4.78, 5) is 12.4. The molecule has 3 fully saturated rings. The van der Waals surface area contributed by atoms with Crippen LogP contribution in [0, 0.1) is 17.2 Å². The maximum atomic E-state index is 12.4. The largest absolute Gasteiger partial charge is 0.360 e. The molecule has 3 aliphatic carbocycles. The summed E-state index contributed by atoms with van der Waals surface area (Å²) in [6.07, 6.45) is 21.0. The van der Waals surface area contributed by atoms with E-state index in [9.17, 15) is 4.79 Å². The molecule has 0 spiro atoms. The Morgan fingerprint density at radius 2 is 1.59 bits per heavy atom. The Kier molecular flexibility index (Phi) is 8.83. The molecule has 3 saturated carbocycles. The van der Waals surface area contributed by atoms with Gasteiger partial charge in [-0.3, -0.25) is 5.41 Å². The molecule has 3 atom stereocenters. The van der Waals surface area contributed by atoms with Crippen LogP contribution in [0.3, 0.4) is 0 Å². The topological polar surface area (TPSA) is 77.0 Å². The van der Waals surface area contributed by atoms with E-state index in [0.29, 0.717) is 12.0 Å². The second-order valence-electron chi connectivity index (χ2n) is 10.1. The molecule has 166 valence electrons. The summed E-state index contributed by atoms with van der Waals surface area (Å²) in [5, 5.41) is 18.2. The highest BCUT2D eigenvalue weighted by molar-refractivity contribution is 5.81. The molecule has 0 aromatic rings. The van der Waals surface area contributed by atoms with Crippen molar-refractivity contribution in [2.75, 3.05) is 7.05 Å². The Hall–Kier alpha value is -1.10. The van der Waals surface area contributed by atoms with Gasteiger partial charge in [0.15, 0.2) is 5.96 Å². The summed E-state index contributed by atoms with van der Waals surface area (Å²) in [7, 11) is 1.76. The fourth-order valence-electron chi connectivity index (χ4n) is 6.17. The zero-order valence-corrected chi connectivity index (χ0v) is 18.6. The fourth-order valence-corrected chi connectivity index (χ4v) is 6.17. The Morgan fingerprint density at radius 1 is 0.931 bits per heavy atom. The summed E-state index contributed by atoms with van der Waals surface area (Å²) >= 11 is 0. The molecule has 5 heteroatoms. The van der Waals surface area contributed by atoms with Crippen LogP contribution in [0.25, 0.3) is 0 Å². The van der Waals surface area contributed by atoms with Gasteiger partial charge in [-0.15, -0.1) is 0 Å². The second-order valence-corrected chi connectivity index (χ2v) is 10.1. The third-order valence-electron chi connectivity index (χ3n) is 7.84. The quantitative estimate of drug-likeness (QED) is 0.259. The lowest BCUT2D eigenvalue weighted by Crippen LogP contribution is -2.55. The Labute approximate surface area is 178 Å². The Balaban J connectivity index is 1.59. The maximum absolute atomic E-state index is 12.4. The molecule has 0 heterocycles. The number of carbonyl (C=O) groups excluding carboxylic acids is 1. The first-order chi connectivity index (χ1) is 14.1. The molecule has 0 saturated heterocycles. The van der Waals surface area contributed by atoms with Gasteiger partial charge >= 0.3 is 0 Å². The van der Waals surface area contributed by atoms with E-state index in [4.69, 9.17) is 5.41 Å². The normalized spacial score (nSPS) is 28.6. The van der Waals surface area contributed by atoms with E-state index in [2.05, 4.69) is 16.0 Å². The molecule has 0 aliphatic heterocycles. The molecule has 0 aromatic carbocycles. The van der Waals surface area contributed by atoms with Crippen LogP contribution >= 0.6 is 0 Å². The lowest BCUT2D eigenvalue weighted by Gasteiger charge is -2.39. The van der Waals surface area contributed by atoms with Crippen LogP contribution in [0.15, 0.2) is 0 Å². The van der Waals surface area contributed by atoms with Gasteiger partial charge in [-0.2, -0.15) is 0 Å². The van der Waals surface area contributed by atoms with E-state index in [1.807, 2.05) is 0 Å². The van der Waals surface area contributed by atoms with Crippen LogP contribution in [0.1, 0.15) is 103 Å². The SMILES string of the molecule is CNC(=N)N[C@](C=O)(CCC1CCCCC1)C[C@@H]1CCC[C@@H](NC2CCCC2)C1. The lowest BCUT2D eigenvalue weighted by atomic mass is 9.74. The summed E-state index contributed by atoms with van der Waals surface area (Å²) in [6, 6.07) is 1.33. The number of carbonyl (C=O) groups is 1. The number of hydrogen-bond acceptors (Lipinski definition) is 3. The van der Waals surface area contributed by atoms with Gasteiger partial charge in [-0.1, -0.05) is 57.8 Å². The van der Waals surface area contributed by atoms with Crippen molar-refractivity contribution in [2.24, 2.45) is 11.8 Å². The van der Waals surface area contributed by atoms with E-state index < -0.39 is 5.54 Å². The van der Waals surface area contributed by atoms with Crippen molar-refractivity contribution in [1.29, 1.82) is 5.41 Å². The van der Waals surface area contributed by atoms with Gasteiger partial charge in [0.25, 0.3) is 0 Å². The summed E-state index contributed by atoms with van der Waals surface area (Å²) < 4.78 is 0. The molecule has 0 amide bonds. The maximum Gasteiger partial charge on any atom is 0.188 e. The minimum atomic E-state index is -0.586. The van der Waals surface area contributed by atoms with Gasteiger partial charge in [-0.05, 0) is 56.8 Å². The van der Waals surface area contributed by atoms with Crippen LogP contribution in [0.5, 0.6) is 0 Å². The van der Waals surface area contributed by atoms with E-state index in [0.717, 1.165) is 37.5 Å². The molecule has 0 radical (unpaired) electrons. The first-order valence-corrected chi connectivity index (χ1v) is 12.4. The molecule has 0 aromatic heterocycles. The smallest absolute Gasteiger partial charge is 0.188 e. The monoisotopic (exact) mass is 404 g/mol. The molecule has 4 N–H and O–H groups in total. The standard InChI is InChI=1S/C24H44N4O/c1-26-23(25)28-24(18-29,15-14-19-8-3-2-4-9-19)17-20-10-7-13-22(16-20)27-21-11-5-6-12-21/h18-22,27H,2-17H2,1H3,(H3,25,26,28)/t20-,22-,24-/m1/s1. The van der Waals surface area contributed by atoms with Crippen molar-refractivity contribution in [1.82, 2.24) is 16.0 Å². The van der Waals surface area contributed by atoms with Crippen LogP contribution in [0.4, 0.5) is 0 Å². The van der Waals surface area contributed by atoms with E-state index >= 15 is 0 Å². The third-order valence-corrected chi connectivity index (χ3v) is 7.84. The molecule has 0 bridgehead atoms. The lowest BCUT2D eigenvalue weighted by molar-refractivity contribution is -0.114. The number of nitrogens with one attached hydrogen (secondary N) is 4. The number of hydrogen-bond donors (Lipinski definition) is 4. The van der Waals surface area contributed by atoms with E-state index in [1.165, 1.54) is 83.5 Å². The zero-order chi connectivity index (χ0) is 20.5. The number of rotatable bonds is 9. The Bertz CT molecular complexity index is 513.